The molecule has 2 aromatic rings. The molecule has 0 aliphatic heterocycles. The molecular formula is C13H17N3O2. The van der Waals surface area contributed by atoms with Crippen molar-refractivity contribution in [3.63, 3.8) is 0 Å². The molecule has 0 atom stereocenters. The average molecular weight is 247 g/mol. The van der Waals surface area contributed by atoms with Crippen molar-refractivity contribution in [1.82, 2.24) is 9.78 Å². The van der Waals surface area contributed by atoms with Gasteiger partial charge in [0, 0.05) is 25.4 Å². The van der Waals surface area contributed by atoms with Crippen molar-refractivity contribution in [2.24, 2.45) is 12.8 Å². The number of benzene rings is 1. The van der Waals surface area contributed by atoms with Gasteiger partial charge >= 0.3 is 0 Å². The summed E-state index contributed by atoms with van der Waals surface area (Å²) in [5, 5.41) is 4.17. The van der Waals surface area contributed by atoms with E-state index in [1.165, 1.54) is 0 Å². The third-order valence-corrected chi connectivity index (χ3v) is 2.93. The monoisotopic (exact) mass is 247 g/mol. The van der Waals surface area contributed by atoms with Gasteiger partial charge in [0.15, 0.2) is 11.5 Å². The zero-order valence-corrected chi connectivity index (χ0v) is 10.8. The predicted octanol–water partition coefficient (Wildman–Crippen LogP) is 1.56. The van der Waals surface area contributed by atoms with Gasteiger partial charge in [0.2, 0.25) is 0 Å². The molecule has 1 aromatic heterocycles. The van der Waals surface area contributed by atoms with E-state index >= 15 is 0 Å². The lowest BCUT2D eigenvalue weighted by Gasteiger charge is -2.14. The largest absolute Gasteiger partial charge is 0.493 e. The second-order valence-corrected chi connectivity index (χ2v) is 3.91. The molecule has 18 heavy (non-hydrogen) atoms. The van der Waals surface area contributed by atoms with Crippen molar-refractivity contribution in [1.29, 1.82) is 0 Å². The molecule has 0 saturated carbocycles. The Balaban J connectivity index is 2.62. The van der Waals surface area contributed by atoms with Crippen molar-refractivity contribution < 1.29 is 9.47 Å². The van der Waals surface area contributed by atoms with E-state index < -0.39 is 0 Å². The van der Waals surface area contributed by atoms with E-state index in [2.05, 4.69) is 5.10 Å². The minimum absolute atomic E-state index is 0.431. The first kappa shape index (κ1) is 12.4. The topological polar surface area (TPSA) is 62.3 Å². The Kier molecular flexibility index (Phi) is 3.53. The molecule has 0 spiro atoms. The molecule has 0 fully saturated rings. The van der Waals surface area contributed by atoms with Crippen molar-refractivity contribution in [2.75, 3.05) is 14.2 Å². The Morgan fingerprint density at radius 3 is 2.39 bits per heavy atom. The first-order valence-electron chi connectivity index (χ1n) is 5.64. The third kappa shape index (κ3) is 2.04. The van der Waals surface area contributed by atoms with Crippen molar-refractivity contribution in [2.45, 2.75) is 6.54 Å². The van der Waals surface area contributed by atoms with Crippen molar-refractivity contribution in [3.8, 4) is 22.8 Å². The highest BCUT2D eigenvalue weighted by Gasteiger charge is 2.13. The standard InChI is InChI=1S/C13H17N3O2/c1-16-11(4-5-15-16)10-7-13(18-3)12(17-2)6-9(10)8-14/h4-7H,8,14H2,1-3H3. The molecule has 0 radical (unpaired) electrons. The molecule has 0 bridgehead atoms. The predicted molar refractivity (Wildman–Crippen MR) is 69.6 cm³/mol. The number of methoxy groups -OCH3 is 2. The maximum absolute atomic E-state index is 5.80. The fourth-order valence-corrected chi connectivity index (χ4v) is 1.97. The van der Waals surface area contributed by atoms with Gasteiger partial charge in [-0.25, -0.2) is 0 Å². The lowest BCUT2D eigenvalue weighted by molar-refractivity contribution is 0.354. The summed E-state index contributed by atoms with van der Waals surface area (Å²) in [4.78, 5) is 0. The van der Waals surface area contributed by atoms with Gasteiger partial charge in [0.25, 0.3) is 0 Å². The summed E-state index contributed by atoms with van der Waals surface area (Å²) in [5.74, 6) is 1.37. The highest BCUT2D eigenvalue weighted by molar-refractivity contribution is 5.68. The summed E-state index contributed by atoms with van der Waals surface area (Å²) in [6, 6.07) is 5.78. The second-order valence-electron chi connectivity index (χ2n) is 3.91. The molecule has 0 amide bonds. The van der Waals surface area contributed by atoms with Crippen LogP contribution in [-0.4, -0.2) is 24.0 Å². The van der Waals surface area contributed by atoms with Crippen LogP contribution in [0, 0.1) is 0 Å². The minimum atomic E-state index is 0.431. The fraction of sp³-hybridized carbons (Fsp3) is 0.308. The molecule has 0 saturated heterocycles. The Hall–Kier alpha value is -2.01. The van der Waals surface area contributed by atoms with Crippen molar-refractivity contribution >= 4 is 0 Å². The highest BCUT2D eigenvalue weighted by atomic mass is 16.5. The quantitative estimate of drug-likeness (QED) is 0.890. The van der Waals surface area contributed by atoms with Crippen LogP contribution in [0.4, 0.5) is 0 Å². The smallest absolute Gasteiger partial charge is 0.161 e. The van der Waals surface area contributed by atoms with Gasteiger partial charge < -0.3 is 15.2 Å². The summed E-state index contributed by atoms with van der Waals surface area (Å²) in [5.41, 5.74) is 8.80. The molecule has 0 aliphatic carbocycles. The second kappa shape index (κ2) is 5.10. The van der Waals surface area contributed by atoms with Gasteiger partial charge in [-0.2, -0.15) is 5.10 Å². The summed E-state index contributed by atoms with van der Waals surface area (Å²) in [7, 11) is 5.13. The van der Waals surface area contributed by atoms with Crippen LogP contribution in [0.1, 0.15) is 5.56 Å². The molecule has 1 aromatic carbocycles. The lowest BCUT2D eigenvalue weighted by atomic mass is 10.0. The molecule has 5 nitrogen and oxygen atoms in total. The molecule has 0 unspecified atom stereocenters. The molecule has 2 N–H and O–H groups in total. The number of nitrogens with zero attached hydrogens (tertiary/aromatic N) is 2. The zero-order valence-electron chi connectivity index (χ0n) is 10.8. The third-order valence-electron chi connectivity index (χ3n) is 2.93. The molecule has 2 rings (SSSR count). The van der Waals surface area contributed by atoms with Crippen LogP contribution in [0.5, 0.6) is 11.5 Å². The van der Waals surface area contributed by atoms with Crippen LogP contribution in [0.15, 0.2) is 24.4 Å². The number of nitrogens with two attached hydrogens (primary N) is 1. The summed E-state index contributed by atoms with van der Waals surface area (Å²) in [6.07, 6.45) is 1.76. The van der Waals surface area contributed by atoms with Crippen LogP contribution in [0.25, 0.3) is 11.3 Å². The summed E-state index contributed by atoms with van der Waals surface area (Å²) in [6.45, 7) is 0.431. The lowest BCUT2D eigenvalue weighted by Crippen LogP contribution is -2.03. The van der Waals surface area contributed by atoms with Crippen LogP contribution in [-0.2, 0) is 13.6 Å². The van der Waals surface area contributed by atoms with Crippen LogP contribution >= 0.6 is 0 Å². The molecule has 0 aliphatic rings. The Bertz CT molecular complexity index is 549. The number of hydrogen-bond donors (Lipinski definition) is 1. The van der Waals surface area contributed by atoms with Gasteiger partial charge in [-0.1, -0.05) is 0 Å². The van der Waals surface area contributed by atoms with E-state index in [4.69, 9.17) is 15.2 Å². The Morgan fingerprint density at radius 2 is 1.89 bits per heavy atom. The van der Waals surface area contributed by atoms with E-state index in [0.29, 0.717) is 18.0 Å². The van der Waals surface area contributed by atoms with E-state index in [9.17, 15) is 0 Å². The Labute approximate surface area is 106 Å². The number of aromatic nitrogens is 2. The first-order chi connectivity index (χ1) is 8.71. The first-order valence-corrected chi connectivity index (χ1v) is 5.64. The SMILES string of the molecule is COc1cc(CN)c(-c2ccnn2C)cc1OC. The van der Waals surface area contributed by atoms with E-state index in [1.807, 2.05) is 25.2 Å². The van der Waals surface area contributed by atoms with Crippen molar-refractivity contribution in [3.05, 3.63) is 30.0 Å². The van der Waals surface area contributed by atoms with E-state index in [1.54, 1.807) is 25.1 Å². The van der Waals surface area contributed by atoms with Gasteiger partial charge in [-0.15, -0.1) is 0 Å². The number of ether oxygens (including phenoxy) is 2. The van der Waals surface area contributed by atoms with E-state index in [0.717, 1.165) is 16.8 Å². The molecular weight excluding hydrogens is 230 g/mol. The minimum Gasteiger partial charge on any atom is -0.493 e. The molecule has 96 valence electrons. The van der Waals surface area contributed by atoms with Gasteiger partial charge in [-0.05, 0) is 23.8 Å². The fourth-order valence-electron chi connectivity index (χ4n) is 1.97. The normalized spacial score (nSPS) is 10.4. The van der Waals surface area contributed by atoms with Crippen LogP contribution in [0.3, 0.4) is 0 Å². The molecule has 1 heterocycles. The van der Waals surface area contributed by atoms with E-state index in [-0.39, 0.29) is 0 Å². The van der Waals surface area contributed by atoms with Gasteiger partial charge in [0.1, 0.15) is 0 Å². The van der Waals surface area contributed by atoms with Gasteiger partial charge in [0.05, 0.1) is 19.9 Å². The van der Waals surface area contributed by atoms with Crippen LogP contribution in [0.2, 0.25) is 0 Å². The maximum Gasteiger partial charge on any atom is 0.161 e. The summed E-state index contributed by atoms with van der Waals surface area (Å²) >= 11 is 0. The zero-order chi connectivity index (χ0) is 13.1. The van der Waals surface area contributed by atoms with Gasteiger partial charge in [-0.3, -0.25) is 4.68 Å². The average Bonchev–Trinajstić information content (AvgIpc) is 2.83. The molecule has 5 heteroatoms. The number of hydrogen-bond acceptors (Lipinski definition) is 4. The highest BCUT2D eigenvalue weighted by Crippen LogP contribution is 2.35. The Morgan fingerprint density at radius 1 is 1.22 bits per heavy atom. The number of rotatable bonds is 4. The summed E-state index contributed by atoms with van der Waals surface area (Å²) < 4.78 is 12.4. The van der Waals surface area contributed by atoms with Crippen LogP contribution < -0.4 is 15.2 Å². The number of aryl methyl sites for hydroxylation is 1. The maximum atomic E-state index is 5.80.